The standard InChI is InChI=1S/C13H16ClNOS/c1-3-8-15-13(17-2)9-12(16)10-4-6-11(14)7-5-10/h4-7,9,15H,3,8H2,1-2H3/b13-9-. The Morgan fingerprint density at radius 2 is 2.06 bits per heavy atom. The van der Waals surface area contributed by atoms with Crippen molar-refractivity contribution in [2.75, 3.05) is 12.8 Å². The van der Waals surface area contributed by atoms with Gasteiger partial charge in [0.25, 0.3) is 0 Å². The van der Waals surface area contributed by atoms with Gasteiger partial charge in [0, 0.05) is 23.2 Å². The number of ketones is 1. The molecule has 0 aliphatic rings. The summed E-state index contributed by atoms with van der Waals surface area (Å²) in [6.45, 7) is 2.96. The topological polar surface area (TPSA) is 29.1 Å². The third-order valence-electron chi connectivity index (χ3n) is 2.16. The van der Waals surface area contributed by atoms with E-state index in [1.54, 1.807) is 30.3 Å². The Kier molecular flexibility index (Phi) is 6.16. The number of hydrogen-bond acceptors (Lipinski definition) is 3. The minimum atomic E-state index is -0.00498. The molecule has 0 bridgehead atoms. The second kappa shape index (κ2) is 7.41. The zero-order valence-electron chi connectivity index (χ0n) is 10.00. The van der Waals surface area contributed by atoms with Gasteiger partial charge in [0.2, 0.25) is 0 Å². The maximum absolute atomic E-state index is 11.9. The van der Waals surface area contributed by atoms with Crippen molar-refractivity contribution in [1.82, 2.24) is 5.32 Å². The molecule has 1 rings (SSSR count). The molecule has 0 unspecified atom stereocenters. The second-order valence-electron chi connectivity index (χ2n) is 3.51. The Balaban J connectivity index is 2.74. The van der Waals surface area contributed by atoms with Crippen LogP contribution < -0.4 is 5.32 Å². The Bertz CT molecular complexity index is 400. The maximum atomic E-state index is 11.9. The summed E-state index contributed by atoms with van der Waals surface area (Å²) in [5.74, 6) is -0.00498. The van der Waals surface area contributed by atoms with Crippen molar-refractivity contribution in [3.63, 3.8) is 0 Å². The van der Waals surface area contributed by atoms with E-state index in [9.17, 15) is 4.79 Å². The molecule has 0 fully saturated rings. The molecule has 2 nitrogen and oxygen atoms in total. The molecule has 0 atom stereocenters. The van der Waals surface area contributed by atoms with E-state index in [0.717, 1.165) is 18.0 Å². The predicted octanol–water partition coefficient (Wildman–Crippen LogP) is 3.73. The van der Waals surface area contributed by atoms with Gasteiger partial charge in [-0.25, -0.2) is 0 Å². The average Bonchev–Trinajstić information content (AvgIpc) is 2.35. The number of halogens is 1. The lowest BCUT2D eigenvalue weighted by Crippen LogP contribution is -2.13. The number of nitrogens with one attached hydrogen (secondary N) is 1. The average molecular weight is 270 g/mol. The Morgan fingerprint density at radius 1 is 1.41 bits per heavy atom. The molecular weight excluding hydrogens is 254 g/mol. The third-order valence-corrected chi connectivity index (χ3v) is 3.11. The molecule has 1 N–H and O–H groups in total. The highest BCUT2D eigenvalue weighted by molar-refractivity contribution is 8.02. The van der Waals surface area contributed by atoms with Crippen LogP contribution in [0.1, 0.15) is 23.7 Å². The van der Waals surface area contributed by atoms with Crippen molar-refractivity contribution in [3.8, 4) is 0 Å². The first kappa shape index (κ1) is 14.1. The van der Waals surface area contributed by atoms with Crippen molar-refractivity contribution in [1.29, 1.82) is 0 Å². The van der Waals surface area contributed by atoms with Crippen molar-refractivity contribution >= 4 is 29.1 Å². The zero-order chi connectivity index (χ0) is 12.7. The van der Waals surface area contributed by atoms with Gasteiger partial charge in [-0.3, -0.25) is 4.79 Å². The first-order chi connectivity index (χ1) is 8.17. The van der Waals surface area contributed by atoms with Crippen molar-refractivity contribution < 1.29 is 4.79 Å². The van der Waals surface area contributed by atoms with Crippen LogP contribution in [0.25, 0.3) is 0 Å². The number of allylic oxidation sites excluding steroid dienone is 1. The zero-order valence-corrected chi connectivity index (χ0v) is 11.6. The van der Waals surface area contributed by atoms with Gasteiger partial charge >= 0.3 is 0 Å². The highest BCUT2D eigenvalue weighted by Gasteiger charge is 2.04. The van der Waals surface area contributed by atoms with Crippen LogP contribution in [0.4, 0.5) is 0 Å². The molecule has 0 radical (unpaired) electrons. The summed E-state index contributed by atoms with van der Waals surface area (Å²) in [5.41, 5.74) is 0.652. The Labute approximate surface area is 111 Å². The van der Waals surface area contributed by atoms with Gasteiger partial charge in [-0.05, 0) is 36.9 Å². The summed E-state index contributed by atoms with van der Waals surface area (Å²) in [6, 6.07) is 6.92. The van der Waals surface area contributed by atoms with E-state index in [4.69, 9.17) is 11.6 Å². The normalized spacial score (nSPS) is 11.4. The van der Waals surface area contributed by atoms with Gasteiger partial charge in [0.1, 0.15) is 0 Å². The largest absolute Gasteiger partial charge is 0.380 e. The van der Waals surface area contributed by atoms with Crippen LogP contribution in [0.15, 0.2) is 35.4 Å². The summed E-state index contributed by atoms with van der Waals surface area (Å²) in [6.07, 6.45) is 4.61. The first-order valence-electron chi connectivity index (χ1n) is 5.46. The van der Waals surface area contributed by atoms with Gasteiger partial charge < -0.3 is 5.32 Å². The monoisotopic (exact) mass is 269 g/mol. The summed E-state index contributed by atoms with van der Waals surface area (Å²) < 4.78 is 0. The van der Waals surface area contributed by atoms with E-state index in [1.165, 1.54) is 11.8 Å². The minimum Gasteiger partial charge on any atom is -0.380 e. The molecular formula is C13H16ClNOS. The lowest BCUT2D eigenvalue weighted by atomic mass is 10.1. The van der Waals surface area contributed by atoms with Crippen molar-refractivity contribution in [2.24, 2.45) is 0 Å². The highest BCUT2D eigenvalue weighted by Crippen LogP contribution is 2.13. The highest BCUT2D eigenvalue weighted by atomic mass is 35.5. The Hall–Kier alpha value is -0.930. The van der Waals surface area contributed by atoms with E-state index < -0.39 is 0 Å². The molecule has 17 heavy (non-hydrogen) atoms. The molecule has 4 heteroatoms. The van der Waals surface area contributed by atoms with E-state index in [-0.39, 0.29) is 5.78 Å². The van der Waals surface area contributed by atoms with E-state index in [2.05, 4.69) is 12.2 Å². The quantitative estimate of drug-likeness (QED) is 0.630. The summed E-state index contributed by atoms with van der Waals surface area (Å²) in [5, 5.41) is 4.74. The summed E-state index contributed by atoms with van der Waals surface area (Å²) >= 11 is 7.31. The lowest BCUT2D eigenvalue weighted by Gasteiger charge is -2.06. The number of carbonyl (C=O) groups excluding carboxylic acids is 1. The molecule has 0 amide bonds. The van der Waals surface area contributed by atoms with Crippen LogP contribution in [0, 0.1) is 0 Å². The van der Waals surface area contributed by atoms with Gasteiger partial charge in [-0.15, -0.1) is 11.8 Å². The molecule has 92 valence electrons. The SMILES string of the molecule is CCCN/C(=C/C(=O)c1ccc(Cl)cc1)SC. The second-order valence-corrected chi connectivity index (χ2v) is 4.80. The lowest BCUT2D eigenvalue weighted by molar-refractivity contribution is 0.104. The fourth-order valence-corrected chi connectivity index (χ4v) is 1.84. The molecule has 0 heterocycles. The van der Waals surface area contributed by atoms with Gasteiger partial charge in [0.05, 0.1) is 5.03 Å². The van der Waals surface area contributed by atoms with Crippen LogP contribution in [-0.2, 0) is 0 Å². The fraction of sp³-hybridized carbons (Fsp3) is 0.308. The van der Waals surface area contributed by atoms with Gasteiger partial charge in [0.15, 0.2) is 5.78 Å². The number of benzene rings is 1. The van der Waals surface area contributed by atoms with Crippen LogP contribution in [0.5, 0.6) is 0 Å². The Morgan fingerprint density at radius 3 is 2.59 bits per heavy atom. The summed E-state index contributed by atoms with van der Waals surface area (Å²) in [7, 11) is 0. The van der Waals surface area contributed by atoms with Crippen LogP contribution >= 0.6 is 23.4 Å². The van der Waals surface area contributed by atoms with Crippen LogP contribution in [0.2, 0.25) is 5.02 Å². The molecule has 0 saturated carbocycles. The number of thioether (sulfide) groups is 1. The molecule has 0 aliphatic heterocycles. The van der Waals surface area contributed by atoms with Crippen LogP contribution in [0.3, 0.4) is 0 Å². The molecule has 1 aromatic carbocycles. The van der Waals surface area contributed by atoms with Gasteiger partial charge in [-0.1, -0.05) is 18.5 Å². The number of rotatable bonds is 6. The number of carbonyl (C=O) groups is 1. The minimum absolute atomic E-state index is 0.00498. The smallest absolute Gasteiger partial charge is 0.188 e. The van der Waals surface area contributed by atoms with Gasteiger partial charge in [-0.2, -0.15) is 0 Å². The molecule has 0 aromatic heterocycles. The van der Waals surface area contributed by atoms with Crippen LogP contribution in [-0.4, -0.2) is 18.6 Å². The molecule has 1 aromatic rings. The van der Waals surface area contributed by atoms with E-state index in [1.807, 2.05) is 6.26 Å². The predicted molar refractivity (Wildman–Crippen MR) is 75.7 cm³/mol. The first-order valence-corrected chi connectivity index (χ1v) is 7.07. The maximum Gasteiger partial charge on any atom is 0.188 e. The molecule has 0 saturated heterocycles. The summed E-state index contributed by atoms with van der Waals surface area (Å²) in [4.78, 5) is 11.9. The third kappa shape index (κ3) is 4.84. The van der Waals surface area contributed by atoms with E-state index in [0.29, 0.717) is 10.6 Å². The molecule has 0 aliphatic carbocycles. The molecule has 0 spiro atoms. The fourth-order valence-electron chi connectivity index (χ4n) is 1.25. The van der Waals surface area contributed by atoms with E-state index >= 15 is 0 Å². The van der Waals surface area contributed by atoms with Crippen molar-refractivity contribution in [3.05, 3.63) is 46.0 Å². The number of hydrogen-bond donors (Lipinski definition) is 1. The van der Waals surface area contributed by atoms with Crippen molar-refractivity contribution in [2.45, 2.75) is 13.3 Å².